The molecule has 1 unspecified atom stereocenters. The predicted molar refractivity (Wildman–Crippen MR) is 152 cm³/mol. The SMILES string of the molecule is Cc1cnc2c(OC3CC3)cc(C(=O)NCC(O)(c3cc(C(C)(C)O)c(Cl)c(-c4ccc(F)cc4)n3)C(F)(F)F)cc2c1. The lowest BCUT2D eigenvalue weighted by Crippen LogP contribution is -2.51. The summed E-state index contributed by atoms with van der Waals surface area (Å²) in [5.74, 6) is -1.17. The van der Waals surface area contributed by atoms with Crippen LogP contribution in [0.15, 0.2) is 54.7 Å². The molecule has 2 aromatic carbocycles. The molecule has 2 aromatic heterocycles. The maximum atomic E-state index is 14.6. The Morgan fingerprint density at radius 1 is 1.09 bits per heavy atom. The molecule has 0 aliphatic heterocycles. The lowest BCUT2D eigenvalue weighted by Gasteiger charge is -2.32. The molecule has 1 aliphatic carbocycles. The van der Waals surface area contributed by atoms with Crippen LogP contribution < -0.4 is 10.1 Å². The minimum atomic E-state index is -5.33. The fourth-order valence-corrected chi connectivity index (χ4v) is 4.98. The number of fused-ring (bicyclic) bond motifs is 1. The van der Waals surface area contributed by atoms with Crippen LogP contribution in [-0.2, 0) is 11.2 Å². The molecule has 226 valence electrons. The van der Waals surface area contributed by atoms with Crippen LogP contribution in [-0.4, -0.2) is 44.9 Å². The second-order valence-electron chi connectivity index (χ2n) is 11.2. The number of aryl methyl sites for hydroxylation is 1. The number of carbonyl (C=O) groups excluding carboxylic acids is 1. The first-order chi connectivity index (χ1) is 20.1. The van der Waals surface area contributed by atoms with Crippen molar-refractivity contribution in [3.8, 4) is 17.0 Å². The van der Waals surface area contributed by atoms with Crippen molar-refractivity contribution in [1.29, 1.82) is 0 Å². The lowest BCUT2D eigenvalue weighted by molar-refractivity contribution is -0.265. The fraction of sp³-hybridized carbons (Fsp3) is 0.323. The Bertz CT molecular complexity index is 1700. The number of aromatic nitrogens is 2. The number of hydrogen-bond donors (Lipinski definition) is 3. The van der Waals surface area contributed by atoms with Crippen molar-refractivity contribution < 1.29 is 37.3 Å². The maximum Gasteiger partial charge on any atom is 0.424 e. The van der Waals surface area contributed by atoms with Crippen LogP contribution in [0.3, 0.4) is 0 Å². The summed E-state index contributed by atoms with van der Waals surface area (Å²) < 4.78 is 63.3. The molecule has 3 N–H and O–H groups in total. The minimum absolute atomic E-state index is 0.00771. The van der Waals surface area contributed by atoms with E-state index in [1.807, 2.05) is 6.92 Å². The molecular formula is C31H28ClF4N3O4. The molecule has 1 saturated carbocycles. The van der Waals surface area contributed by atoms with E-state index in [1.54, 1.807) is 12.3 Å². The molecule has 43 heavy (non-hydrogen) atoms. The van der Waals surface area contributed by atoms with Gasteiger partial charge in [0.05, 0.1) is 34.7 Å². The van der Waals surface area contributed by atoms with Crippen LogP contribution in [0.2, 0.25) is 5.02 Å². The van der Waals surface area contributed by atoms with E-state index in [-0.39, 0.29) is 33.5 Å². The maximum absolute atomic E-state index is 14.6. The van der Waals surface area contributed by atoms with Gasteiger partial charge in [0.25, 0.3) is 5.91 Å². The number of nitrogens with zero attached hydrogens (tertiary/aromatic N) is 2. The van der Waals surface area contributed by atoms with Gasteiger partial charge in [0.15, 0.2) is 0 Å². The van der Waals surface area contributed by atoms with E-state index >= 15 is 0 Å². The summed E-state index contributed by atoms with van der Waals surface area (Å²) >= 11 is 6.46. The molecule has 0 bridgehead atoms. The highest BCUT2D eigenvalue weighted by Gasteiger charge is 2.57. The molecule has 7 nitrogen and oxygen atoms in total. The van der Waals surface area contributed by atoms with Crippen molar-refractivity contribution >= 4 is 28.4 Å². The lowest BCUT2D eigenvalue weighted by atomic mass is 9.90. The standard InChI is InChI=1S/C31H28ClF4N3O4/c1-16-10-18-11-19(12-23(26(18)37-14-16)43-21-8-9-21)28(40)38-15-30(42,31(34,35)36)24-13-22(29(2,3)41)25(32)27(39-24)17-4-6-20(33)7-5-17/h4-7,10-14,21,41-42H,8-9,15H2,1-3H3,(H,38,40). The number of amides is 1. The summed E-state index contributed by atoms with van der Waals surface area (Å²) in [7, 11) is 0. The Morgan fingerprint density at radius 3 is 2.37 bits per heavy atom. The zero-order valence-corrected chi connectivity index (χ0v) is 24.1. The topological polar surface area (TPSA) is 105 Å². The van der Waals surface area contributed by atoms with Crippen molar-refractivity contribution in [1.82, 2.24) is 15.3 Å². The minimum Gasteiger partial charge on any atom is -0.488 e. The molecule has 5 rings (SSSR count). The van der Waals surface area contributed by atoms with E-state index in [2.05, 4.69) is 15.3 Å². The van der Waals surface area contributed by atoms with Crippen LogP contribution in [0.25, 0.3) is 22.2 Å². The third-order valence-corrected chi connectivity index (χ3v) is 7.48. The largest absolute Gasteiger partial charge is 0.488 e. The predicted octanol–water partition coefficient (Wildman–Crippen LogP) is 6.35. The zero-order chi connectivity index (χ0) is 31.3. The average molecular weight is 618 g/mol. The number of alkyl halides is 3. The molecule has 1 amide bonds. The molecule has 1 atom stereocenters. The quantitative estimate of drug-likeness (QED) is 0.199. The van der Waals surface area contributed by atoms with E-state index in [4.69, 9.17) is 16.3 Å². The smallest absolute Gasteiger partial charge is 0.424 e. The van der Waals surface area contributed by atoms with Gasteiger partial charge in [-0.15, -0.1) is 0 Å². The third-order valence-electron chi connectivity index (χ3n) is 7.10. The van der Waals surface area contributed by atoms with Gasteiger partial charge < -0.3 is 20.3 Å². The molecule has 12 heteroatoms. The summed E-state index contributed by atoms with van der Waals surface area (Å²) in [6.45, 7) is 3.10. The second kappa shape index (κ2) is 11.0. The van der Waals surface area contributed by atoms with Gasteiger partial charge in [-0.3, -0.25) is 9.78 Å². The molecule has 0 saturated heterocycles. The van der Waals surface area contributed by atoms with Gasteiger partial charge in [0.2, 0.25) is 5.60 Å². The molecule has 1 aliphatic rings. The van der Waals surface area contributed by atoms with Crippen molar-refractivity contribution in [2.24, 2.45) is 0 Å². The summed E-state index contributed by atoms with van der Waals surface area (Å²) in [5.41, 5.74) is -5.28. The third kappa shape index (κ3) is 6.29. The van der Waals surface area contributed by atoms with Crippen LogP contribution in [0.5, 0.6) is 5.75 Å². The van der Waals surface area contributed by atoms with Crippen LogP contribution >= 0.6 is 11.6 Å². The number of rotatable bonds is 8. The summed E-state index contributed by atoms with van der Waals surface area (Å²) in [6.07, 6.45) is -2.04. The average Bonchev–Trinajstić information content (AvgIpc) is 3.74. The Hall–Kier alpha value is -3.80. The van der Waals surface area contributed by atoms with E-state index in [0.717, 1.165) is 36.6 Å². The molecular weight excluding hydrogens is 590 g/mol. The van der Waals surface area contributed by atoms with Gasteiger partial charge in [-0.05, 0) is 87.7 Å². The monoisotopic (exact) mass is 617 g/mol. The summed E-state index contributed by atoms with van der Waals surface area (Å²) in [5, 5.41) is 24.5. The Kier molecular flexibility index (Phi) is 7.87. The van der Waals surface area contributed by atoms with Crippen LogP contribution in [0, 0.1) is 12.7 Å². The normalized spacial score (nSPS) is 15.3. The number of halogens is 5. The number of ether oxygens (including phenoxy) is 1. The first-order valence-electron chi connectivity index (χ1n) is 13.4. The van der Waals surface area contributed by atoms with E-state index in [9.17, 15) is 32.6 Å². The highest BCUT2D eigenvalue weighted by atomic mass is 35.5. The van der Waals surface area contributed by atoms with Gasteiger partial charge in [-0.2, -0.15) is 13.2 Å². The highest BCUT2D eigenvalue weighted by molar-refractivity contribution is 6.34. The Morgan fingerprint density at radius 2 is 1.77 bits per heavy atom. The van der Waals surface area contributed by atoms with Crippen LogP contribution in [0.4, 0.5) is 17.6 Å². The van der Waals surface area contributed by atoms with E-state index in [0.29, 0.717) is 16.7 Å². The van der Waals surface area contributed by atoms with E-state index in [1.165, 1.54) is 38.1 Å². The molecule has 4 aromatic rings. The second-order valence-corrected chi connectivity index (χ2v) is 11.6. The fourth-order valence-electron chi connectivity index (χ4n) is 4.54. The summed E-state index contributed by atoms with van der Waals surface area (Å²) in [4.78, 5) is 21.7. The number of pyridine rings is 2. The van der Waals surface area contributed by atoms with Crippen molar-refractivity contribution in [2.75, 3.05) is 6.54 Å². The Balaban J connectivity index is 1.54. The number of carbonyl (C=O) groups is 1. The van der Waals surface area contributed by atoms with Gasteiger partial charge in [0, 0.05) is 28.3 Å². The van der Waals surface area contributed by atoms with Gasteiger partial charge in [-0.25, -0.2) is 9.37 Å². The number of benzene rings is 2. The van der Waals surface area contributed by atoms with Crippen molar-refractivity contribution in [3.05, 3.63) is 88.0 Å². The molecule has 0 radical (unpaired) electrons. The van der Waals surface area contributed by atoms with Gasteiger partial charge in [0.1, 0.15) is 17.1 Å². The van der Waals surface area contributed by atoms with Gasteiger partial charge >= 0.3 is 6.18 Å². The molecule has 2 heterocycles. The molecule has 1 fully saturated rings. The van der Waals surface area contributed by atoms with E-state index < -0.39 is 41.3 Å². The first-order valence-corrected chi connectivity index (χ1v) is 13.8. The zero-order valence-electron chi connectivity index (χ0n) is 23.4. The van der Waals surface area contributed by atoms with Crippen LogP contribution in [0.1, 0.15) is 53.9 Å². The first kappa shape index (κ1) is 30.7. The molecule has 0 spiro atoms. The van der Waals surface area contributed by atoms with Gasteiger partial charge in [-0.1, -0.05) is 11.6 Å². The number of aliphatic hydroxyl groups is 2. The Labute approximate surface area is 249 Å². The van der Waals surface area contributed by atoms with Crippen molar-refractivity contribution in [3.63, 3.8) is 0 Å². The number of hydrogen-bond acceptors (Lipinski definition) is 6. The summed E-state index contributed by atoms with van der Waals surface area (Å²) in [6, 6.07) is 10.2. The van der Waals surface area contributed by atoms with Crippen molar-refractivity contribution in [2.45, 2.75) is 57.1 Å². The highest BCUT2D eigenvalue weighted by Crippen LogP contribution is 2.43. The number of nitrogens with one attached hydrogen (secondary N) is 1.